The molecule has 166 valence electrons. The molecule has 1 fully saturated rings. The van der Waals surface area contributed by atoms with Crippen LogP contribution in [0.25, 0.3) is 0 Å². The minimum Gasteiger partial charge on any atom is -0.485 e. The summed E-state index contributed by atoms with van der Waals surface area (Å²) in [6, 6.07) is 11.5. The summed E-state index contributed by atoms with van der Waals surface area (Å²) in [7, 11) is -2.04. The summed E-state index contributed by atoms with van der Waals surface area (Å²) in [5, 5.41) is 0. The van der Waals surface area contributed by atoms with Gasteiger partial charge in [0.1, 0.15) is 12.1 Å². The van der Waals surface area contributed by atoms with Crippen molar-refractivity contribution in [3.63, 3.8) is 0 Å². The van der Waals surface area contributed by atoms with Crippen molar-refractivity contribution in [2.45, 2.75) is 36.3 Å². The lowest BCUT2D eigenvalue weighted by Gasteiger charge is -2.22. The smallest absolute Gasteiger partial charge is 0.328 e. The first-order chi connectivity index (χ1) is 14.7. The number of hydrogen-bond acceptors (Lipinski definition) is 6. The third-order valence-corrected chi connectivity index (χ3v) is 6.29. The normalized spacial score (nSPS) is 18.6. The van der Waals surface area contributed by atoms with Crippen LogP contribution in [0.15, 0.2) is 53.4 Å². The standard InChI is InChI=1S/C22H24FNO6S/c1-29-22(26)19-13-16(30-20-6-4-3-5-18(20)23)14-24(19)21(25)12-9-15-7-10-17(11-8-15)31(2,27)28/h3-8,10-11,16,19H,9,12-14H2,1-2H3/t16-,19+/m1/s1. The van der Waals surface area contributed by atoms with Gasteiger partial charge < -0.3 is 14.4 Å². The summed E-state index contributed by atoms with van der Waals surface area (Å²) >= 11 is 0. The third kappa shape index (κ3) is 5.61. The molecule has 1 aliphatic heterocycles. The Hall–Kier alpha value is -2.94. The second-order valence-corrected chi connectivity index (χ2v) is 9.42. The van der Waals surface area contributed by atoms with Gasteiger partial charge >= 0.3 is 5.97 Å². The number of para-hydroxylation sites is 1. The monoisotopic (exact) mass is 449 g/mol. The van der Waals surface area contributed by atoms with E-state index in [1.165, 1.54) is 36.3 Å². The van der Waals surface area contributed by atoms with E-state index in [1.54, 1.807) is 24.3 Å². The molecule has 0 bridgehead atoms. The molecule has 1 amide bonds. The Labute approximate surface area is 180 Å². The van der Waals surface area contributed by atoms with E-state index < -0.39 is 33.8 Å². The van der Waals surface area contributed by atoms with E-state index in [4.69, 9.17) is 9.47 Å². The molecule has 1 saturated heterocycles. The molecule has 7 nitrogen and oxygen atoms in total. The Morgan fingerprint density at radius 1 is 1.13 bits per heavy atom. The van der Waals surface area contributed by atoms with Crippen molar-refractivity contribution in [2.24, 2.45) is 0 Å². The number of esters is 1. The van der Waals surface area contributed by atoms with Crippen molar-refractivity contribution in [3.05, 3.63) is 59.9 Å². The highest BCUT2D eigenvalue weighted by atomic mass is 32.2. The molecule has 9 heteroatoms. The van der Waals surface area contributed by atoms with Gasteiger partial charge in [0.25, 0.3) is 0 Å². The Morgan fingerprint density at radius 2 is 1.81 bits per heavy atom. The van der Waals surface area contributed by atoms with Gasteiger partial charge in [-0.05, 0) is 36.2 Å². The Bertz CT molecular complexity index is 1050. The quantitative estimate of drug-likeness (QED) is 0.603. The van der Waals surface area contributed by atoms with Gasteiger partial charge in [-0.1, -0.05) is 24.3 Å². The maximum atomic E-state index is 13.9. The minimum atomic E-state index is -3.29. The summed E-state index contributed by atoms with van der Waals surface area (Å²) in [5.41, 5.74) is 0.800. The average Bonchev–Trinajstić information content (AvgIpc) is 3.17. The lowest BCUT2D eigenvalue weighted by molar-refractivity contribution is -0.150. The summed E-state index contributed by atoms with van der Waals surface area (Å²) in [6.07, 6.45) is 1.30. The molecular formula is C22H24FNO6S. The highest BCUT2D eigenvalue weighted by Gasteiger charge is 2.41. The summed E-state index contributed by atoms with van der Waals surface area (Å²) in [5.74, 6) is -1.26. The molecule has 1 heterocycles. The molecule has 0 spiro atoms. The number of methoxy groups -OCH3 is 1. The Balaban J connectivity index is 1.66. The van der Waals surface area contributed by atoms with Crippen molar-refractivity contribution in [1.82, 2.24) is 4.90 Å². The van der Waals surface area contributed by atoms with E-state index in [2.05, 4.69) is 0 Å². The summed E-state index contributed by atoms with van der Waals surface area (Å²) in [4.78, 5) is 26.6. The molecule has 2 aromatic carbocycles. The van der Waals surface area contributed by atoms with E-state index in [0.717, 1.165) is 11.8 Å². The van der Waals surface area contributed by atoms with Crippen LogP contribution in [0.1, 0.15) is 18.4 Å². The van der Waals surface area contributed by atoms with Crippen LogP contribution in [0.3, 0.4) is 0 Å². The van der Waals surface area contributed by atoms with Gasteiger partial charge in [-0.15, -0.1) is 0 Å². The maximum Gasteiger partial charge on any atom is 0.328 e. The number of aryl methyl sites for hydroxylation is 1. The van der Waals surface area contributed by atoms with Crippen molar-refractivity contribution in [1.29, 1.82) is 0 Å². The van der Waals surface area contributed by atoms with Gasteiger partial charge in [0, 0.05) is 19.1 Å². The fourth-order valence-corrected chi connectivity index (χ4v) is 4.17. The first kappa shape index (κ1) is 22.7. The van der Waals surface area contributed by atoms with Gasteiger partial charge in [-0.2, -0.15) is 0 Å². The van der Waals surface area contributed by atoms with E-state index in [0.29, 0.717) is 6.42 Å². The molecule has 0 aliphatic carbocycles. The van der Waals surface area contributed by atoms with Crippen LogP contribution in [0.5, 0.6) is 5.75 Å². The molecule has 2 atom stereocenters. The number of ether oxygens (including phenoxy) is 2. The minimum absolute atomic E-state index is 0.0661. The first-order valence-electron chi connectivity index (χ1n) is 9.76. The second-order valence-electron chi connectivity index (χ2n) is 7.41. The zero-order valence-electron chi connectivity index (χ0n) is 17.3. The highest BCUT2D eigenvalue weighted by Crippen LogP contribution is 2.26. The van der Waals surface area contributed by atoms with Crippen LogP contribution < -0.4 is 4.74 Å². The number of carbonyl (C=O) groups is 2. The molecule has 0 aromatic heterocycles. The molecule has 0 saturated carbocycles. The zero-order chi connectivity index (χ0) is 22.6. The topological polar surface area (TPSA) is 90.0 Å². The number of nitrogens with zero attached hydrogens (tertiary/aromatic N) is 1. The number of amides is 1. The molecule has 0 unspecified atom stereocenters. The van der Waals surface area contributed by atoms with E-state index in [9.17, 15) is 22.4 Å². The number of halogens is 1. The van der Waals surface area contributed by atoms with E-state index >= 15 is 0 Å². The van der Waals surface area contributed by atoms with Gasteiger partial charge in [0.15, 0.2) is 21.4 Å². The molecule has 3 rings (SSSR count). The van der Waals surface area contributed by atoms with Crippen molar-refractivity contribution in [2.75, 3.05) is 19.9 Å². The maximum absolute atomic E-state index is 13.9. The number of benzene rings is 2. The van der Waals surface area contributed by atoms with Gasteiger partial charge in [-0.25, -0.2) is 17.6 Å². The fraction of sp³-hybridized carbons (Fsp3) is 0.364. The van der Waals surface area contributed by atoms with Crippen molar-refractivity contribution in [3.8, 4) is 5.75 Å². The van der Waals surface area contributed by atoms with Crippen LogP contribution in [0.2, 0.25) is 0 Å². The Morgan fingerprint density at radius 3 is 2.42 bits per heavy atom. The van der Waals surface area contributed by atoms with Crippen LogP contribution in [-0.4, -0.2) is 57.3 Å². The predicted molar refractivity (Wildman–Crippen MR) is 111 cm³/mol. The molecule has 31 heavy (non-hydrogen) atoms. The van der Waals surface area contributed by atoms with Gasteiger partial charge in [0.05, 0.1) is 18.6 Å². The van der Waals surface area contributed by atoms with E-state index in [-0.39, 0.29) is 35.9 Å². The van der Waals surface area contributed by atoms with Crippen LogP contribution >= 0.6 is 0 Å². The van der Waals surface area contributed by atoms with E-state index in [1.807, 2.05) is 0 Å². The molecule has 1 aliphatic rings. The molecular weight excluding hydrogens is 425 g/mol. The summed E-state index contributed by atoms with van der Waals surface area (Å²) in [6.45, 7) is 0.139. The lowest BCUT2D eigenvalue weighted by atomic mass is 10.1. The molecule has 0 radical (unpaired) electrons. The summed E-state index contributed by atoms with van der Waals surface area (Å²) < 4.78 is 47.5. The number of sulfone groups is 1. The predicted octanol–water partition coefficient (Wildman–Crippen LogP) is 2.38. The second kappa shape index (κ2) is 9.47. The largest absolute Gasteiger partial charge is 0.485 e. The van der Waals surface area contributed by atoms with Crippen LogP contribution in [-0.2, 0) is 30.6 Å². The Kier molecular flexibility index (Phi) is 6.94. The SMILES string of the molecule is COC(=O)[C@@H]1C[C@@H](Oc2ccccc2F)CN1C(=O)CCc1ccc(S(C)(=O)=O)cc1. The van der Waals surface area contributed by atoms with Crippen molar-refractivity contribution < 1.29 is 31.9 Å². The average molecular weight is 450 g/mol. The molecule has 2 aromatic rings. The number of hydrogen-bond donors (Lipinski definition) is 0. The third-order valence-electron chi connectivity index (χ3n) is 5.17. The fourth-order valence-electron chi connectivity index (χ4n) is 3.54. The first-order valence-corrected chi connectivity index (χ1v) is 11.7. The lowest BCUT2D eigenvalue weighted by Crippen LogP contribution is -2.41. The van der Waals surface area contributed by atoms with Crippen LogP contribution in [0, 0.1) is 5.82 Å². The zero-order valence-corrected chi connectivity index (χ0v) is 18.1. The number of rotatable bonds is 7. The van der Waals surface area contributed by atoms with Crippen molar-refractivity contribution >= 4 is 21.7 Å². The number of carbonyl (C=O) groups excluding carboxylic acids is 2. The highest BCUT2D eigenvalue weighted by molar-refractivity contribution is 7.90. The molecule has 0 N–H and O–H groups in total. The number of likely N-dealkylation sites (tertiary alicyclic amines) is 1. The van der Waals surface area contributed by atoms with Crippen LogP contribution in [0.4, 0.5) is 4.39 Å². The van der Waals surface area contributed by atoms with Gasteiger partial charge in [-0.3, -0.25) is 4.79 Å². The van der Waals surface area contributed by atoms with Gasteiger partial charge in [0.2, 0.25) is 5.91 Å².